The maximum Gasteiger partial charge on any atom is 0.147 e. The normalized spacial score (nSPS) is 9.79. The summed E-state index contributed by atoms with van der Waals surface area (Å²) in [4.78, 5) is 4.23. The molecule has 0 unspecified atom stereocenters. The molecule has 0 radical (unpaired) electrons. The van der Waals surface area contributed by atoms with Crippen LogP contribution in [0.3, 0.4) is 0 Å². The van der Waals surface area contributed by atoms with Gasteiger partial charge < -0.3 is 15.2 Å². The Labute approximate surface area is 88.0 Å². The summed E-state index contributed by atoms with van der Waals surface area (Å²) >= 11 is 4.87. The van der Waals surface area contributed by atoms with Crippen molar-refractivity contribution in [3.8, 4) is 5.75 Å². The number of nitrogens with zero attached hydrogens (tertiary/aromatic N) is 1. The molecule has 0 saturated heterocycles. The Bertz CT molecular complexity index is 317. The molecule has 0 spiro atoms. The molecule has 0 bridgehead atoms. The molecule has 4 nitrogen and oxygen atoms in total. The Hall–Kier alpha value is -1.20. The number of hydrogen-bond donors (Lipinski definition) is 1. The zero-order valence-electron chi connectivity index (χ0n) is 7.90. The molecule has 5 heteroatoms. The van der Waals surface area contributed by atoms with Crippen molar-refractivity contribution in [3.05, 3.63) is 24.0 Å². The van der Waals surface area contributed by atoms with E-state index in [1.165, 1.54) is 0 Å². The average molecular weight is 212 g/mol. The van der Waals surface area contributed by atoms with Crippen LogP contribution in [0.15, 0.2) is 18.5 Å². The van der Waals surface area contributed by atoms with E-state index in [9.17, 15) is 0 Å². The van der Waals surface area contributed by atoms with E-state index >= 15 is 0 Å². The average Bonchev–Trinajstić information content (AvgIpc) is 2.19. The summed E-state index contributed by atoms with van der Waals surface area (Å²) in [6.45, 7) is 0.976. The van der Waals surface area contributed by atoms with Gasteiger partial charge >= 0.3 is 0 Å². The van der Waals surface area contributed by atoms with Crippen LogP contribution >= 0.6 is 12.2 Å². The molecule has 0 aliphatic heterocycles. The monoisotopic (exact) mass is 212 g/mol. The number of hydrogen-bond acceptors (Lipinski definition) is 4. The summed E-state index contributed by atoms with van der Waals surface area (Å²) in [7, 11) is 1.61. The third kappa shape index (κ3) is 2.93. The predicted octanol–water partition coefficient (Wildman–Crippen LogP) is 0.741. The first-order valence-electron chi connectivity index (χ1n) is 4.11. The minimum atomic E-state index is 0.305. The fourth-order valence-electron chi connectivity index (χ4n) is 0.934. The molecule has 76 valence electrons. The largest absolute Gasteiger partial charge is 0.489 e. The van der Waals surface area contributed by atoms with Crippen LogP contribution in [0.25, 0.3) is 0 Å². The van der Waals surface area contributed by atoms with E-state index in [1.807, 2.05) is 0 Å². The molecule has 0 saturated carbocycles. The molecule has 0 fully saturated rings. The minimum absolute atomic E-state index is 0.305. The molecule has 0 amide bonds. The van der Waals surface area contributed by atoms with Gasteiger partial charge in [0.05, 0.1) is 18.4 Å². The first-order valence-corrected chi connectivity index (χ1v) is 4.52. The van der Waals surface area contributed by atoms with Crippen molar-refractivity contribution >= 4 is 17.2 Å². The molecule has 0 atom stereocenters. The highest BCUT2D eigenvalue weighted by atomic mass is 32.1. The third-order valence-electron chi connectivity index (χ3n) is 1.59. The molecule has 0 aliphatic carbocycles. The van der Waals surface area contributed by atoms with Crippen LogP contribution in [-0.2, 0) is 4.74 Å². The smallest absolute Gasteiger partial charge is 0.147 e. The lowest BCUT2D eigenvalue weighted by atomic mass is 10.2. The summed E-state index contributed by atoms with van der Waals surface area (Å²) in [6.07, 6.45) is 3.21. The summed E-state index contributed by atoms with van der Waals surface area (Å²) in [5, 5.41) is 0. The van der Waals surface area contributed by atoms with Crippen LogP contribution in [0.4, 0.5) is 0 Å². The van der Waals surface area contributed by atoms with Crippen molar-refractivity contribution in [1.29, 1.82) is 0 Å². The first-order chi connectivity index (χ1) is 6.75. The van der Waals surface area contributed by atoms with Crippen LogP contribution in [0.5, 0.6) is 5.75 Å². The van der Waals surface area contributed by atoms with Crippen molar-refractivity contribution in [2.75, 3.05) is 20.3 Å². The Morgan fingerprint density at radius 2 is 2.36 bits per heavy atom. The van der Waals surface area contributed by atoms with Gasteiger partial charge in [-0.05, 0) is 6.07 Å². The lowest BCUT2D eigenvalue weighted by Gasteiger charge is -2.08. The molecule has 1 aromatic heterocycles. The Morgan fingerprint density at radius 3 is 3.00 bits per heavy atom. The summed E-state index contributed by atoms with van der Waals surface area (Å²) in [5.74, 6) is 0.594. The molecule has 1 rings (SSSR count). The van der Waals surface area contributed by atoms with E-state index in [-0.39, 0.29) is 0 Å². The van der Waals surface area contributed by atoms with Crippen molar-refractivity contribution in [3.63, 3.8) is 0 Å². The number of aromatic nitrogens is 1. The van der Waals surface area contributed by atoms with E-state index in [1.54, 1.807) is 25.6 Å². The molecule has 1 aromatic rings. The van der Waals surface area contributed by atoms with Crippen LogP contribution in [-0.4, -0.2) is 30.3 Å². The second kappa shape index (κ2) is 5.51. The van der Waals surface area contributed by atoms with Gasteiger partial charge in [-0.3, -0.25) is 4.98 Å². The molecular weight excluding hydrogens is 200 g/mol. The fraction of sp³-hybridized carbons (Fsp3) is 0.333. The van der Waals surface area contributed by atoms with E-state index in [2.05, 4.69) is 4.98 Å². The molecule has 2 N–H and O–H groups in total. The van der Waals surface area contributed by atoms with Crippen molar-refractivity contribution < 1.29 is 9.47 Å². The van der Waals surface area contributed by atoms with Crippen LogP contribution in [0, 0.1) is 0 Å². The number of rotatable bonds is 5. The van der Waals surface area contributed by atoms with Gasteiger partial charge in [-0.2, -0.15) is 0 Å². The lowest BCUT2D eigenvalue weighted by Crippen LogP contribution is -2.13. The molecule has 14 heavy (non-hydrogen) atoms. The van der Waals surface area contributed by atoms with Gasteiger partial charge in [0.1, 0.15) is 17.3 Å². The van der Waals surface area contributed by atoms with Gasteiger partial charge in [0.2, 0.25) is 0 Å². The van der Waals surface area contributed by atoms with Gasteiger partial charge in [0, 0.05) is 13.3 Å². The van der Waals surface area contributed by atoms with Gasteiger partial charge in [-0.1, -0.05) is 12.2 Å². The SMILES string of the molecule is COCCOc1cnccc1C(N)=S. The highest BCUT2D eigenvalue weighted by Crippen LogP contribution is 2.15. The highest BCUT2D eigenvalue weighted by molar-refractivity contribution is 7.80. The zero-order valence-corrected chi connectivity index (χ0v) is 8.71. The summed E-state index contributed by atoms with van der Waals surface area (Å²) < 4.78 is 10.2. The van der Waals surface area contributed by atoms with Gasteiger partial charge in [-0.15, -0.1) is 0 Å². The van der Waals surface area contributed by atoms with Crippen molar-refractivity contribution in [2.24, 2.45) is 5.73 Å². The van der Waals surface area contributed by atoms with Gasteiger partial charge in [0.25, 0.3) is 0 Å². The maximum atomic E-state index is 5.51. The van der Waals surface area contributed by atoms with Crippen molar-refractivity contribution in [1.82, 2.24) is 4.98 Å². The topological polar surface area (TPSA) is 57.4 Å². The Morgan fingerprint density at radius 1 is 1.57 bits per heavy atom. The molecule has 0 aromatic carbocycles. The molecule has 0 aliphatic rings. The van der Waals surface area contributed by atoms with E-state index < -0.39 is 0 Å². The number of ether oxygens (including phenoxy) is 2. The second-order valence-corrected chi connectivity index (χ2v) is 3.02. The van der Waals surface area contributed by atoms with Crippen molar-refractivity contribution in [2.45, 2.75) is 0 Å². The Balaban J connectivity index is 2.69. The van der Waals surface area contributed by atoms with Crippen LogP contribution in [0.1, 0.15) is 5.56 Å². The first kappa shape index (κ1) is 10.9. The summed E-state index contributed by atoms with van der Waals surface area (Å²) in [5.41, 5.74) is 6.21. The maximum absolute atomic E-state index is 5.51. The van der Waals surface area contributed by atoms with Gasteiger partial charge in [0.15, 0.2) is 0 Å². The van der Waals surface area contributed by atoms with E-state index in [4.69, 9.17) is 27.4 Å². The number of nitrogens with two attached hydrogens (primary N) is 1. The predicted molar refractivity (Wildman–Crippen MR) is 57.5 cm³/mol. The lowest BCUT2D eigenvalue weighted by molar-refractivity contribution is 0.146. The van der Waals surface area contributed by atoms with E-state index in [0.717, 1.165) is 0 Å². The van der Waals surface area contributed by atoms with Crippen LogP contribution < -0.4 is 10.5 Å². The number of thiocarbonyl (C=S) groups is 1. The second-order valence-electron chi connectivity index (χ2n) is 2.58. The van der Waals surface area contributed by atoms with Gasteiger partial charge in [-0.25, -0.2) is 0 Å². The zero-order chi connectivity index (χ0) is 10.4. The minimum Gasteiger partial charge on any atom is -0.489 e. The number of methoxy groups -OCH3 is 1. The Kier molecular flexibility index (Phi) is 4.28. The quantitative estimate of drug-likeness (QED) is 0.576. The summed E-state index contributed by atoms with van der Waals surface area (Å²) in [6, 6.07) is 1.73. The standard InChI is InChI=1S/C9H12N2O2S/c1-12-4-5-13-8-6-11-3-2-7(8)9(10)14/h2-3,6H,4-5H2,1H3,(H2,10,14). The van der Waals surface area contributed by atoms with Crippen LogP contribution in [0.2, 0.25) is 0 Å². The van der Waals surface area contributed by atoms with E-state index in [0.29, 0.717) is 29.5 Å². The molecule has 1 heterocycles. The molecular formula is C9H12N2O2S. The fourth-order valence-corrected chi connectivity index (χ4v) is 1.10. The highest BCUT2D eigenvalue weighted by Gasteiger charge is 2.05. The third-order valence-corrected chi connectivity index (χ3v) is 1.81. The number of pyridine rings is 1.